The maximum Gasteiger partial charge on any atom is 0.323 e. The fraction of sp³-hybridized carbons (Fsp3) is 0.412. The molecule has 0 spiro atoms. The molecule has 1 aliphatic rings. The summed E-state index contributed by atoms with van der Waals surface area (Å²) in [6.45, 7) is 4.76. The number of aromatic nitrogens is 3. The maximum absolute atomic E-state index is 13.0. The van der Waals surface area contributed by atoms with Crippen LogP contribution >= 0.6 is 0 Å². The highest BCUT2D eigenvalue weighted by Gasteiger charge is 2.27. The number of nitrogens with one attached hydrogen (secondary N) is 2. The van der Waals surface area contributed by atoms with E-state index in [1.807, 2.05) is 13.0 Å². The Morgan fingerprint density at radius 1 is 1.11 bits per heavy atom. The van der Waals surface area contributed by atoms with Crippen LogP contribution in [-0.2, 0) is 16.6 Å². The van der Waals surface area contributed by atoms with E-state index in [9.17, 15) is 13.2 Å². The molecule has 10 heteroatoms. The summed E-state index contributed by atoms with van der Waals surface area (Å²) < 4.78 is 32.7. The van der Waals surface area contributed by atoms with Crippen molar-refractivity contribution in [1.82, 2.24) is 24.3 Å². The molecule has 0 bridgehead atoms. The quantitative estimate of drug-likeness (QED) is 0.687. The highest BCUT2D eigenvalue weighted by molar-refractivity contribution is 7.89. The van der Waals surface area contributed by atoms with E-state index in [-0.39, 0.29) is 10.6 Å². The van der Waals surface area contributed by atoms with Crippen LogP contribution in [0.3, 0.4) is 0 Å². The minimum absolute atomic E-state index is 0.186. The fourth-order valence-electron chi connectivity index (χ4n) is 3.39. The SMILES string of the molecule is Cc1cc(CN2CCCN(S(=O)(=O)c3ccc4[nH]c(=O)[nH]c4c3)CC2)no1. The Bertz CT molecular complexity index is 1110. The molecule has 3 heterocycles. The van der Waals surface area contributed by atoms with Crippen molar-refractivity contribution in [3.8, 4) is 0 Å². The average molecular weight is 391 g/mol. The summed E-state index contributed by atoms with van der Waals surface area (Å²) in [4.78, 5) is 19.0. The summed E-state index contributed by atoms with van der Waals surface area (Å²) in [5.41, 5.74) is 1.57. The topological polar surface area (TPSA) is 115 Å². The fourth-order valence-corrected chi connectivity index (χ4v) is 4.88. The maximum atomic E-state index is 13.0. The van der Waals surface area contributed by atoms with Crippen LogP contribution in [0.2, 0.25) is 0 Å². The lowest BCUT2D eigenvalue weighted by molar-refractivity contribution is 0.268. The molecule has 1 aliphatic heterocycles. The Morgan fingerprint density at radius 3 is 2.70 bits per heavy atom. The second kappa shape index (κ2) is 6.95. The second-order valence-electron chi connectivity index (χ2n) is 6.75. The van der Waals surface area contributed by atoms with Gasteiger partial charge in [0.1, 0.15) is 5.76 Å². The molecule has 0 amide bonds. The first-order chi connectivity index (χ1) is 12.9. The summed E-state index contributed by atoms with van der Waals surface area (Å²) in [6.07, 6.45) is 0.735. The molecular weight excluding hydrogens is 370 g/mol. The zero-order chi connectivity index (χ0) is 19.0. The summed E-state index contributed by atoms with van der Waals surface area (Å²) >= 11 is 0. The van der Waals surface area contributed by atoms with Crippen LogP contribution in [0.5, 0.6) is 0 Å². The van der Waals surface area contributed by atoms with Crippen LogP contribution in [0.25, 0.3) is 11.0 Å². The third-order valence-corrected chi connectivity index (χ3v) is 6.63. The second-order valence-corrected chi connectivity index (χ2v) is 8.69. The smallest absolute Gasteiger partial charge is 0.323 e. The standard InChI is InChI=1S/C17H21N5O4S/c1-12-9-13(20-26-12)11-21-5-2-6-22(8-7-21)27(24,25)14-3-4-15-16(10-14)19-17(23)18-15/h3-4,9-10H,2,5-8,11H2,1H3,(H2,18,19,23). The summed E-state index contributed by atoms with van der Waals surface area (Å²) in [5, 5.41) is 4.01. The van der Waals surface area contributed by atoms with Crippen LogP contribution in [-0.4, -0.2) is 58.9 Å². The number of aryl methyl sites for hydroxylation is 1. The average Bonchev–Trinajstić information content (AvgIpc) is 3.11. The zero-order valence-corrected chi connectivity index (χ0v) is 15.8. The van der Waals surface area contributed by atoms with Gasteiger partial charge in [-0.05, 0) is 38.1 Å². The molecule has 1 aromatic carbocycles. The number of aromatic amines is 2. The molecule has 0 saturated carbocycles. The summed E-state index contributed by atoms with van der Waals surface area (Å²) in [5.74, 6) is 0.766. The van der Waals surface area contributed by atoms with Crippen molar-refractivity contribution in [3.63, 3.8) is 0 Å². The van der Waals surface area contributed by atoms with Gasteiger partial charge < -0.3 is 14.5 Å². The van der Waals surface area contributed by atoms with Crippen LogP contribution in [0.1, 0.15) is 17.9 Å². The number of hydrogen-bond acceptors (Lipinski definition) is 6. The van der Waals surface area contributed by atoms with E-state index in [0.29, 0.717) is 37.2 Å². The number of nitrogens with zero attached hydrogens (tertiary/aromatic N) is 3. The number of H-pyrrole nitrogens is 2. The third-order valence-electron chi connectivity index (χ3n) is 4.74. The van der Waals surface area contributed by atoms with E-state index < -0.39 is 10.0 Å². The van der Waals surface area contributed by atoms with E-state index in [2.05, 4.69) is 20.0 Å². The van der Waals surface area contributed by atoms with Gasteiger partial charge in [0.05, 0.1) is 21.6 Å². The van der Waals surface area contributed by atoms with E-state index in [1.54, 1.807) is 6.07 Å². The van der Waals surface area contributed by atoms with Gasteiger partial charge in [-0.1, -0.05) is 5.16 Å². The minimum atomic E-state index is -3.62. The van der Waals surface area contributed by atoms with Crippen molar-refractivity contribution in [2.24, 2.45) is 0 Å². The number of fused-ring (bicyclic) bond motifs is 1. The normalized spacial score (nSPS) is 17.4. The van der Waals surface area contributed by atoms with Gasteiger partial charge in [0.15, 0.2) is 0 Å². The molecule has 144 valence electrons. The molecule has 9 nitrogen and oxygen atoms in total. The van der Waals surface area contributed by atoms with Crippen LogP contribution in [0, 0.1) is 6.92 Å². The molecule has 0 atom stereocenters. The van der Waals surface area contributed by atoms with Gasteiger partial charge in [-0.15, -0.1) is 0 Å². The Morgan fingerprint density at radius 2 is 1.93 bits per heavy atom. The van der Waals surface area contributed by atoms with Crippen molar-refractivity contribution in [2.75, 3.05) is 26.2 Å². The van der Waals surface area contributed by atoms with Gasteiger partial charge >= 0.3 is 5.69 Å². The lowest BCUT2D eigenvalue weighted by Gasteiger charge is -2.21. The molecule has 2 N–H and O–H groups in total. The van der Waals surface area contributed by atoms with Gasteiger partial charge in [-0.2, -0.15) is 4.31 Å². The van der Waals surface area contributed by atoms with Gasteiger partial charge in [-0.25, -0.2) is 13.2 Å². The molecule has 4 rings (SSSR count). The van der Waals surface area contributed by atoms with Gasteiger partial charge in [0.25, 0.3) is 0 Å². The van der Waals surface area contributed by atoms with E-state index >= 15 is 0 Å². The molecular formula is C17H21N5O4S. The lowest BCUT2D eigenvalue weighted by atomic mass is 10.3. The summed E-state index contributed by atoms with van der Waals surface area (Å²) in [6, 6.07) is 6.54. The van der Waals surface area contributed by atoms with Crippen molar-refractivity contribution in [2.45, 2.75) is 24.8 Å². The van der Waals surface area contributed by atoms with Crippen LogP contribution < -0.4 is 5.69 Å². The molecule has 3 aromatic rings. The Hall–Kier alpha value is -2.43. The highest BCUT2D eigenvalue weighted by Crippen LogP contribution is 2.21. The van der Waals surface area contributed by atoms with E-state index in [1.165, 1.54) is 16.4 Å². The van der Waals surface area contributed by atoms with Crippen molar-refractivity contribution in [1.29, 1.82) is 0 Å². The molecule has 1 fully saturated rings. The Balaban J connectivity index is 1.50. The first-order valence-electron chi connectivity index (χ1n) is 8.78. The van der Waals surface area contributed by atoms with Gasteiger partial charge in [-0.3, -0.25) is 4.90 Å². The number of rotatable bonds is 4. The number of sulfonamides is 1. The lowest BCUT2D eigenvalue weighted by Crippen LogP contribution is -2.35. The van der Waals surface area contributed by atoms with Crippen molar-refractivity contribution in [3.05, 3.63) is 46.2 Å². The number of imidazole rings is 1. The van der Waals surface area contributed by atoms with Crippen molar-refractivity contribution >= 4 is 21.1 Å². The highest BCUT2D eigenvalue weighted by atomic mass is 32.2. The van der Waals surface area contributed by atoms with E-state index in [0.717, 1.165) is 24.4 Å². The first kappa shape index (κ1) is 18.0. The monoisotopic (exact) mass is 391 g/mol. The summed E-state index contributed by atoms with van der Waals surface area (Å²) in [7, 11) is -3.62. The third kappa shape index (κ3) is 3.68. The number of benzene rings is 1. The molecule has 2 aromatic heterocycles. The van der Waals surface area contributed by atoms with Crippen LogP contribution in [0.15, 0.2) is 38.5 Å². The van der Waals surface area contributed by atoms with E-state index in [4.69, 9.17) is 4.52 Å². The Kier molecular flexibility index (Phi) is 4.62. The molecule has 0 unspecified atom stereocenters. The molecule has 27 heavy (non-hydrogen) atoms. The molecule has 0 aliphatic carbocycles. The first-order valence-corrected chi connectivity index (χ1v) is 10.2. The zero-order valence-electron chi connectivity index (χ0n) is 14.9. The largest absolute Gasteiger partial charge is 0.361 e. The van der Waals surface area contributed by atoms with Crippen molar-refractivity contribution < 1.29 is 12.9 Å². The molecule has 0 radical (unpaired) electrons. The van der Waals surface area contributed by atoms with Gasteiger partial charge in [0, 0.05) is 32.2 Å². The van der Waals surface area contributed by atoms with Gasteiger partial charge in [0.2, 0.25) is 10.0 Å². The predicted octanol–water partition coefficient (Wildman–Crippen LogP) is 1.05. The Labute approximate surface area is 156 Å². The minimum Gasteiger partial charge on any atom is -0.361 e. The molecule has 1 saturated heterocycles. The van der Waals surface area contributed by atoms with Crippen LogP contribution in [0.4, 0.5) is 0 Å². The predicted molar refractivity (Wildman–Crippen MR) is 98.8 cm³/mol. The number of hydrogen-bond donors (Lipinski definition) is 2.